The van der Waals surface area contributed by atoms with Crippen LogP contribution in [-0.2, 0) is 4.74 Å². The number of nitrogens with zero attached hydrogens (tertiary/aromatic N) is 1. The van der Waals surface area contributed by atoms with Crippen molar-refractivity contribution in [2.24, 2.45) is 5.73 Å². The van der Waals surface area contributed by atoms with Crippen molar-refractivity contribution in [3.05, 3.63) is 23.9 Å². The summed E-state index contributed by atoms with van der Waals surface area (Å²) in [4.78, 5) is 14.9. The van der Waals surface area contributed by atoms with E-state index in [4.69, 9.17) is 10.5 Å². The summed E-state index contributed by atoms with van der Waals surface area (Å²) in [7, 11) is 1.67. The van der Waals surface area contributed by atoms with Gasteiger partial charge in [-0.1, -0.05) is 0 Å². The Hall–Kier alpha value is -1.66. The first-order chi connectivity index (χ1) is 8.24. The van der Waals surface area contributed by atoms with Crippen molar-refractivity contribution in [2.75, 3.05) is 38.7 Å². The summed E-state index contributed by atoms with van der Waals surface area (Å²) >= 11 is 0. The Morgan fingerprint density at radius 2 is 2.24 bits per heavy atom. The molecule has 0 aliphatic heterocycles. The van der Waals surface area contributed by atoms with E-state index in [1.165, 1.54) is 6.20 Å². The Balaban J connectivity index is 2.21. The van der Waals surface area contributed by atoms with Gasteiger partial charge in [0.1, 0.15) is 5.82 Å². The van der Waals surface area contributed by atoms with E-state index in [9.17, 15) is 4.79 Å². The van der Waals surface area contributed by atoms with E-state index in [1.807, 2.05) is 0 Å². The Morgan fingerprint density at radius 3 is 2.82 bits per heavy atom. The molecule has 4 N–H and O–H groups in total. The van der Waals surface area contributed by atoms with Gasteiger partial charge in [0.05, 0.1) is 12.2 Å². The van der Waals surface area contributed by atoms with Gasteiger partial charge in [0.15, 0.2) is 0 Å². The Labute approximate surface area is 101 Å². The number of ether oxygens (including phenoxy) is 1. The van der Waals surface area contributed by atoms with Crippen molar-refractivity contribution < 1.29 is 9.53 Å². The van der Waals surface area contributed by atoms with Gasteiger partial charge in [-0.15, -0.1) is 0 Å². The summed E-state index contributed by atoms with van der Waals surface area (Å²) in [6.45, 7) is 3.10. The maximum Gasteiger partial charge on any atom is 0.250 e. The molecule has 0 radical (unpaired) electrons. The number of anilines is 1. The van der Waals surface area contributed by atoms with Gasteiger partial charge in [0.2, 0.25) is 5.91 Å². The van der Waals surface area contributed by atoms with Gasteiger partial charge in [-0.05, 0) is 12.1 Å². The predicted molar refractivity (Wildman–Crippen MR) is 66.0 cm³/mol. The molecule has 6 heteroatoms. The molecule has 6 nitrogen and oxygen atoms in total. The van der Waals surface area contributed by atoms with Crippen molar-refractivity contribution in [1.29, 1.82) is 0 Å². The standard InChI is InChI=1S/C11H18N4O2/c1-17-7-6-13-4-5-14-10-3-2-9(8-15-10)11(12)16/h2-3,8,13H,4-7H2,1H3,(H2,12,16)(H,14,15). The van der Waals surface area contributed by atoms with E-state index in [2.05, 4.69) is 15.6 Å². The van der Waals surface area contributed by atoms with Gasteiger partial charge in [-0.25, -0.2) is 4.98 Å². The number of carbonyl (C=O) groups is 1. The lowest BCUT2D eigenvalue weighted by molar-refractivity contribution is 0.1000. The second-order valence-electron chi connectivity index (χ2n) is 3.47. The maximum atomic E-state index is 10.8. The molecule has 1 aromatic rings. The molecule has 0 aromatic carbocycles. The summed E-state index contributed by atoms with van der Waals surface area (Å²) in [5.74, 6) is 0.258. The predicted octanol–water partition coefficient (Wildman–Crippen LogP) is -0.172. The second kappa shape index (κ2) is 7.59. The average molecular weight is 238 g/mol. The number of carbonyl (C=O) groups excluding carboxylic acids is 1. The average Bonchev–Trinajstić information content (AvgIpc) is 2.34. The molecule has 0 aliphatic carbocycles. The van der Waals surface area contributed by atoms with Crippen molar-refractivity contribution in [2.45, 2.75) is 0 Å². The Bertz CT molecular complexity index is 340. The van der Waals surface area contributed by atoms with Crippen LogP contribution < -0.4 is 16.4 Å². The molecular weight excluding hydrogens is 220 g/mol. The van der Waals surface area contributed by atoms with Crippen LogP contribution in [0.5, 0.6) is 0 Å². The molecule has 0 spiro atoms. The lowest BCUT2D eigenvalue weighted by atomic mass is 10.3. The topological polar surface area (TPSA) is 89.3 Å². The number of methoxy groups -OCH3 is 1. The molecule has 1 heterocycles. The third kappa shape index (κ3) is 5.28. The molecule has 0 aliphatic rings. The van der Waals surface area contributed by atoms with Crippen molar-refractivity contribution in [3.8, 4) is 0 Å². The Kier molecular flexibility index (Phi) is 5.98. The first-order valence-electron chi connectivity index (χ1n) is 5.43. The Morgan fingerprint density at radius 1 is 1.41 bits per heavy atom. The maximum absolute atomic E-state index is 10.8. The van der Waals surface area contributed by atoms with E-state index < -0.39 is 5.91 Å². The highest BCUT2D eigenvalue weighted by Gasteiger charge is 2.00. The fraction of sp³-hybridized carbons (Fsp3) is 0.455. The number of hydrogen-bond donors (Lipinski definition) is 3. The zero-order valence-corrected chi connectivity index (χ0v) is 9.90. The fourth-order valence-electron chi connectivity index (χ4n) is 1.22. The summed E-state index contributed by atoms with van der Waals surface area (Å²) < 4.78 is 4.90. The normalized spacial score (nSPS) is 10.2. The van der Waals surface area contributed by atoms with Crippen LogP contribution in [0, 0.1) is 0 Å². The number of nitrogens with one attached hydrogen (secondary N) is 2. The first kappa shape index (κ1) is 13.4. The van der Waals surface area contributed by atoms with Gasteiger partial charge in [0.25, 0.3) is 0 Å². The number of primary amides is 1. The van der Waals surface area contributed by atoms with E-state index in [0.717, 1.165) is 25.5 Å². The van der Waals surface area contributed by atoms with Crippen LogP contribution in [0.3, 0.4) is 0 Å². The molecule has 1 rings (SSSR count). The zero-order chi connectivity index (χ0) is 12.5. The van der Waals surface area contributed by atoms with Gasteiger partial charge < -0.3 is 21.1 Å². The summed E-state index contributed by atoms with van der Waals surface area (Å²) in [5, 5.41) is 6.32. The number of nitrogens with two attached hydrogens (primary N) is 1. The van der Waals surface area contributed by atoms with Crippen molar-refractivity contribution in [1.82, 2.24) is 10.3 Å². The van der Waals surface area contributed by atoms with Crippen LogP contribution in [0.2, 0.25) is 0 Å². The lowest BCUT2D eigenvalue weighted by Crippen LogP contribution is -2.25. The molecule has 0 atom stereocenters. The zero-order valence-electron chi connectivity index (χ0n) is 9.90. The molecule has 17 heavy (non-hydrogen) atoms. The smallest absolute Gasteiger partial charge is 0.250 e. The highest BCUT2D eigenvalue weighted by atomic mass is 16.5. The summed E-state index contributed by atoms with van der Waals surface area (Å²) in [6.07, 6.45) is 1.46. The minimum atomic E-state index is -0.467. The van der Waals surface area contributed by atoms with Gasteiger partial charge in [0, 0.05) is 32.9 Å². The van der Waals surface area contributed by atoms with Crippen molar-refractivity contribution in [3.63, 3.8) is 0 Å². The van der Waals surface area contributed by atoms with E-state index in [0.29, 0.717) is 12.2 Å². The molecule has 0 unspecified atom stereocenters. The van der Waals surface area contributed by atoms with Crippen LogP contribution in [0.4, 0.5) is 5.82 Å². The third-order valence-electron chi connectivity index (χ3n) is 2.14. The van der Waals surface area contributed by atoms with Crippen LogP contribution in [0.1, 0.15) is 10.4 Å². The molecule has 1 aromatic heterocycles. The monoisotopic (exact) mass is 238 g/mol. The number of rotatable bonds is 8. The van der Waals surface area contributed by atoms with Crippen molar-refractivity contribution >= 4 is 11.7 Å². The van der Waals surface area contributed by atoms with Crippen LogP contribution in [-0.4, -0.2) is 44.2 Å². The summed E-state index contributed by atoms with van der Waals surface area (Å²) in [6, 6.07) is 3.38. The molecule has 0 bridgehead atoms. The molecule has 1 amide bonds. The van der Waals surface area contributed by atoms with Gasteiger partial charge >= 0.3 is 0 Å². The minimum absolute atomic E-state index is 0.411. The number of hydrogen-bond acceptors (Lipinski definition) is 5. The molecular formula is C11H18N4O2. The second-order valence-corrected chi connectivity index (χ2v) is 3.47. The van der Waals surface area contributed by atoms with Crippen LogP contribution in [0.15, 0.2) is 18.3 Å². The quantitative estimate of drug-likeness (QED) is 0.547. The minimum Gasteiger partial charge on any atom is -0.383 e. The SMILES string of the molecule is COCCNCCNc1ccc(C(N)=O)cn1. The van der Waals surface area contributed by atoms with E-state index >= 15 is 0 Å². The van der Waals surface area contributed by atoms with Gasteiger partial charge in [-0.3, -0.25) is 4.79 Å². The third-order valence-corrected chi connectivity index (χ3v) is 2.14. The molecule has 0 fully saturated rings. The highest BCUT2D eigenvalue weighted by Crippen LogP contribution is 2.03. The van der Waals surface area contributed by atoms with E-state index in [-0.39, 0.29) is 0 Å². The fourth-order valence-corrected chi connectivity index (χ4v) is 1.22. The number of pyridine rings is 1. The highest BCUT2D eigenvalue weighted by molar-refractivity contribution is 5.92. The number of aromatic nitrogens is 1. The molecule has 94 valence electrons. The largest absolute Gasteiger partial charge is 0.383 e. The number of amides is 1. The first-order valence-corrected chi connectivity index (χ1v) is 5.43. The van der Waals surface area contributed by atoms with Gasteiger partial charge in [-0.2, -0.15) is 0 Å². The molecule has 0 saturated carbocycles. The van der Waals surface area contributed by atoms with E-state index in [1.54, 1.807) is 19.2 Å². The van der Waals surface area contributed by atoms with Crippen LogP contribution >= 0.6 is 0 Å². The summed E-state index contributed by atoms with van der Waals surface area (Å²) in [5.41, 5.74) is 5.52. The van der Waals surface area contributed by atoms with Crippen LogP contribution in [0.25, 0.3) is 0 Å². The lowest BCUT2D eigenvalue weighted by Gasteiger charge is -2.06. The molecule has 0 saturated heterocycles.